The number of aryl methyl sites for hydroxylation is 1. The van der Waals surface area contributed by atoms with E-state index in [0.717, 1.165) is 14.7 Å². The number of hydrogen-bond acceptors (Lipinski definition) is 2. The van der Waals surface area contributed by atoms with Gasteiger partial charge in [0.25, 0.3) is 0 Å². The molecule has 2 nitrogen and oxygen atoms in total. The molecule has 2 rings (SSSR count). The van der Waals surface area contributed by atoms with E-state index in [-0.39, 0.29) is 5.75 Å². The summed E-state index contributed by atoms with van der Waals surface area (Å²) in [5.41, 5.74) is 1.46. The molecule has 0 radical (unpaired) electrons. The highest BCUT2D eigenvalue weighted by atomic mass is 127. The van der Waals surface area contributed by atoms with E-state index in [0.29, 0.717) is 5.52 Å². The van der Waals surface area contributed by atoms with E-state index in [2.05, 4.69) is 4.98 Å². The zero-order valence-electron chi connectivity index (χ0n) is 7.04. The number of nitrogens with zero attached hydrogens (tertiary/aromatic N) is 1. The van der Waals surface area contributed by atoms with Crippen LogP contribution in [0.4, 0.5) is 0 Å². The largest absolute Gasteiger partial charge is 0.870 e. The zero-order valence-corrected chi connectivity index (χ0v) is 9.20. The highest BCUT2D eigenvalue weighted by molar-refractivity contribution is 14.1. The molecule has 0 atom stereocenters. The van der Waals surface area contributed by atoms with Crippen LogP contribution in [0, 0.1) is 10.5 Å². The predicted octanol–water partition coefficient (Wildman–Crippen LogP) is 2.22. The lowest BCUT2D eigenvalue weighted by Gasteiger charge is -2.11. The third kappa shape index (κ3) is 1.48. The maximum Gasteiger partial charge on any atom is 0.0637 e. The second kappa shape index (κ2) is 3.14. The van der Waals surface area contributed by atoms with Crippen molar-refractivity contribution in [1.29, 1.82) is 0 Å². The van der Waals surface area contributed by atoms with E-state index in [1.54, 1.807) is 0 Å². The molecule has 0 spiro atoms. The van der Waals surface area contributed by atoms with Crippen molar-refractivity contribution < 1.29 is 5.11 Å². The molecule has 1 aromatic carbocycles. The van der Waals surface area contributed by atoms with Crippen LogP contribution in [0.3, 0.4) is 0 Å². The topological polar surface area (TPSA) is 36.0 Å². The number of halogens is 1. The van der Waals surface area contributed by atoms with Crippen LogP contribution in [0.5, 0.6) is 5.75 Å². The van der Waals surface area contributed by atoms with Crippen LogP contribution >= 0.6 is 22.6 Å². The Bertz CT molecular complexity index is 462. The molecule has 0 saturated carbocycles. The van der Waals surface area contributed by atoms with Crippen molar-refractivity contribution in [2.75, 3.05) is 0 Å². The Morgan fingerprint density at radius 2 is 1.92 bits per heavy atom. The van der Waals surface area contributed by atoms with E-state index >= 15 is 0 Å². The molecule has 0 unspecified atom stereocenters. The molecular formula is C10H7INO-. The first-order valence-electron chi connectivity index (χ1n) is 3.91. The maximum absolute atomic E-state index is 11.6. The highest BCUT2D eigenvalue weighted by Crippen LogP contribution is 2.25. The van der Waals surface area contributed by atoms with Gasteiger partial charge in [-0.05, 0) is 47.0 Å². The first-order chi connectivity index (χ1) is 6.18. The standard InChI is InChI=1S/C10H8INO/c1-6-2-3-7-4-5-8(11)10(13)9(7)12-6/h2-5,13H,1H3/p-1. The van der Waals surface area contributed by atoms with Crippen LogP contribution < -0.4 is 5.11 Å². The van der Waals surface area contributed by atoms with Gasteiger partial charge in [-0.15, -0.1) is 0 Å². The number of fused-ring (bicyclic) bond motifs is 1. The van der Waals surface area contributed by atoms with Crippen molar-refractivity contribution in [3.63, 3.8) is 0 Å². The Morgan fingerprint density at radius 3 is 2.69 bits per heavy atom. The molecule has 0 aliphatic rings. The minimum absolute atomic E-state index is 0.0294. The molecule has 1 heterocycles. The van der Waals surface area contributed by atoms with Crippen molar-refractivity contribution in [2.24, 2.45) is 0 Å². The SMILES string of the molecule is Cc1ccc2ccc(I)c([O-])c2n1. The van der Waals surface area contributed by atoms with Crippen molar-refractivity contribution >= 4 is 33.5 Å². The summed E-state index contributed by atoms with van der Waals surface area (Å²) < 4.78 is 0.725. The molecule has 66 valence electrons. The average molecular weight is 284 g/mol. The summed E-state index contributed by atoms with van der Waals surface area (Å²) in [5.74, 6) is 0.0294. The fourth-order valence-corrected chi connectivity index (χ4v) is 1.67. The number of rotatable bonds is 0. The summed E-state index contributed by atoms with van der Waals surface area (Å²) in [5, 5.41) is 12.5. The highest BCUT2D eigenvalue weighted by Gasteiger charge is 1.98. The molecule has 13 heavy (non-hydrogen) atoms. The third-order valence-corrected chi connectivity index (χ3v) is 2.76. The van der Waals surface area contributed by atoms with Crippen LogP contribution in [-0.4, -0.2) is 4.98 Å². The summed E-state index contributed by atoms with van der Waals surface area (Å²) >= 11 is 2.03. The first kappa shape index (κ1) is 8.74. The predicted molar refractivity (Wildman–Crippen MR) is 58.6 cm³/mol. The van der Waals surface area contributed by atoms with E-state index in [1.807, 2.05) is 53.8 Å². The Morgan fingerprint density at radius 1 is 1.23 bits per heavy atom. The van der Waals surface area contributed by atoms with Crippen molar-refractivity contribution in [2.45, 2.75) is 6.92 Å². The maximum atomic E-state index is 11.6. The Hall–Kier alpha value is -0.840. The summed E-state index contributed by atoms with van der Waals surface area (Å²) in [4.78, 5) is 4.22. The monoisotopic (exact) mass is 284 g/mol. The van der Waals surface area contributed by atoms with Gasteiger partial charge in [0, 0.05) is 9.26 Å². The molecule has 0 fully saturated rings. The Labute approximate surface area is 89.8 Å². The van der Waals surface area contributed by atoms with Crippen molar-refractivity contribution in [1.82, 2.24) is 4.98 Å². The van der Waals surface area contributed by atoms with Gasteiger partial charge in [-0.25, -0.2) is 0 Å². The van der Waals surface area contributed by atoms with Crippen molar-refractivity contribution in [3.05, 3.63) is 33.5 Å². The van der Waals surface area contributed by atoms with Crippen LogP contribution in [0.1, 0.15) is 5.69 Å². The van der Waals surface area contributed by atoms with Gasteiger partial charge in [0.05, 0.1) is 5.52 Å². The van der Waals surface area contributed by atoms with Gasteiger partial charge in [-0.3, -0.25) is 4.98 Å². The third-order valence-electron chi connectivity index (χ3n) is 1.91. The summed E-state index contributed by atoms with van der Waals surface area (Å²) in [6, 6.07) is 7.58. The number of aromatic nitrogens is 1. The second-order valence-electron chi connectivity index (χ2n) is 2.90. The van der Waals surface area contributed by atoms with Gasteiger partial charge in [-0.1, -0.05) is 17.9 Å². The quantitative estimate of drug-likeness (QED) is 0.695. The van der Waals surface area contributed by atoms with E-state index < -0.39 is 0 Å². The lowest BCUT2D eigenvalue weighted by atomic mass is 10.2. The molecule has 0 N–H and O–H groups in total. The molecule has 3 heteroatoms. The van der Waals surface area contributed by atoms with Gasteiger partial charge >= 0.3 is 0 Å². The van der Waals surface area contributed by atoms with Crippen LogP contribution in [0.15, 0.2) is 24.3 Å². The fourth-order valence-electron chi connectivity index (χ4n) is 1.24. The smallest absolute Gasteiger partial charge is 0.0637 e. The van der Waals surface area contributed by atoms with E-state index in [1.165, 1.54) is 0 Å². The molecular weight excluding hydrogens is 277 g/mol. The number of pyridine rings is 1. The number of hydrogen-bond donors (Lipinski definition) is 0. The lowest BCUT2D eigenvalue weighted by Crippen LogP contribution is -1.96. The van der Waals surface area contributed by atoms with E-state index in [4.69, 9.17) is 0 Å². The average Bonchev–Trinajstić information content (AvgIpc) is 2.12. The normalized spacial score (nSPS) is 10.6. The summed E-state index contributed by atoms with van der Waals surface area (Å²) in [6.45, 7) is 1.89. The molecule has 1 aromatic heterocycles. The van der Waals surface area contributed by atoms with Gasteiger partial charge in [0.15, 0.2) is 0 Å². The van der Waals surface area contributed by atoms with Gasteiger partial charge in [0.1, 0.15) is 0 Å². The summed E-state index contributed by atoms with van der Waals surface area (Å²) in [7, 11) is 0. The van der Waals surface area contributed by atoms with Gasteiger partial charge in [-0.2, -0.15) is 0 Å². The Kier molecular flexibility index (Phi) is 2.11. The molecule has 2 aromatic rings. The molecule has 0 saturated heterocycles. The van der Waals surface area contributed by atoms with Crippen LogP contribution in [0.2, 0.25) is 0 Å². The van der Waals surface area contributed by atoms with Gasteiger partial charge < -0.3 is 5.11 Å². The number of benzene rings is 1. The molecule has 0 aliphatic heterocycles. The Balaban J connectivity index is 2.89. The van der Waals surface area contributed by atoms with Crippen molar-refractivity contribution in [3.8, 4) is 5.75 Å². The second-order valence-corrected chi connectivity index (χ2v) is 4.06. The molecule has 0 aliphatic carbocycles. The minimum atomic E-state index is 0.0294. The fraction of sp³-hybridized carbons (Fsp3) is 0.100. The van der Waals surface area contributed by atoms with Crippen LogP contribution in [0.25, 0.3) is 10.9 Å². The van der Waals surface area contributed by atoms with E-state index in [9.17, 15) is 5.11 Å². The van der Waals surface area contributed by atoms with Gasteiger partial charge in [0.2, 0.25) is 0 Å². The minimum Gasteiger partial charge on any atom is -0.870 e. The lowest BCUT2D eigenvalue weighted by molar-refractivity contribution is -0.267. The summed E-state index contributed by atoms with van der Waals surface area (Å²) in [6.07, 6.45) is 0. The molecule has 0 bridgehead atoms. The first-order valence-corrected chi connectivity index (χ1v) is 4.99. The zero-order chi connectivity index (χ0) is 9.42. The molecule has 0 amide bonds. The van der Waals surface area contributed by atoms with Crippen LogP contribution in [-0.2, 0) is 0 Å².